The summed E-state index contributed by atoms with van der Waals surface area (Å²) in [4.78, 5) is -0.835. The summed E-state index contributed by atoms with van der Waals surface area (Å²) in [6.07, 6.45) is -4.74. The van der Waals surface area contributed by atoms with Crippen molar-refractivity contribution in [1.82, 2.24) is 0 Å². The molecule has 0 unspecified atom stereocenters. The van der Waals surface area contributed by atoms with Crippen molar-refractivity contribution < 1.29 is 13.2 Å². The van der Waals surface area contributed by atoms with E-state index >= 15 is 0 Å². The maximum Gasteiger partial charge on any atom is 0.420 e. The lowest BCUT2D eigenvalue weighted by atomic mass is 10.0. The van der Waals surface area contributed by atoms with Gasteiger partial charge in [0, 0.05) is 0 Å². The van der Waals surface area contributed by atoms with Gasteiger partial charge in [-0.15, -0.1) is 0 Å². The van der Waals surface area contributed by atoms with Crippen LogP contribution in [0.5, 0.6) is 0 Å². The van der Waals surface area contributed by atoms with Crippen LogP contribution in [0.3, 0.4) is 0 Å². The first-order chi connectivity index (χ1) is 7.88. The van der Waals surface area contributed by atoms with E-state index in [1.54, 1.807) is 6.07 Å². The van der Waals surface area contributed by atoms with Gasteiger partial charge in [0.05, 0.1) is 5.57 Å². The third-order valence-electron chi connectivity index (χ3n) is 1.95. The lowest BCUT2D eigenvalue weighted by Gasteiger charge is -2.12. The maximum atomic E-state index is 12.7. The Balaban J connectivity index is 3.51. The van der Waals surface area contributed by atoms with Gasteiger partial charge in [0.25, 0.3) is 0 Å². The summed E-state index contributed by atoms with van der Waals surface area (Å²) in [7, 11) is 0. The summed E-state index contributed by atoms with van der Waals surface area (Å²) in [5.41, 5.74) is 3.35. The zero-order valence-electron chi connectivity index (χ0n) is 8.45. The average Bonchev–Trinajstić information content (AvgIpc) is 2.24. The smallest absolute Gasteiger partial charge is 0.389 e. The molecule has 0 aliphatic carbocycles. The number of nitriles is 1. The van der Waals surface area contributed by atoms with Crippen LogP contribution >= 0.6 is 12.2 Å². The number of halogens is 3. The Labute approximate surface area is 101 Å². The standard InChI is InChI=1S/C11H7F3N2S/c12-11(13,14)9(10(16)17)8(6-15)7-4-2-1-3-5-7/h1-5H,(H2,16,17). The number of allylic oxidation sites excluding steroid dienone is 1. The Morgan fingerprint density at radius 2 is 1.76 bits per heavy atom. The number of rotatable bonds is 2. The molecule has 0 bridgehead atoms. The number of alkyl halides is 3. The number of hydrogen-bond donors (Lipinski definition) is 1. The van der Waals surface area contributed by atoms with Gasteiger partial charge in [-0.2, -0.15) is 18.4 Å². The normalized spacial score (nSPS) is 12.6. The molecule has 0 fully saturated rings. The lowest BCUT2D eigenvalue weighted by molar-refractivity contribution is -0.0853. The topological polar surface area (TPSA) is 49.8 Å². The van der Waals surface area contributed by atoms with Crippen molar-refractivity contribution >= 4 is 22.8 Å². The van der Waals surface area contributed by atoms with Gasteiger partial charge >= 0.3 is 6.18 Å². The van der Waals surface area contributed by atoms with Gasteiger partial charge in [0.2, 0.25) is 0 Å². The number of benzene rings is 1. The molecule has 2 N–H and O–H groups in total. The molecule has 0 amide bonds. The molecule has 0 atom stereocenters. The van der Waals surface area contributed by atoms with E-state index in [1.165, 1.54) is 30.3 Å². The van der Waals surface area contributed by atoms with E-state index in [0.29, 0.717) is 0 Å². The first kappa shape index (κ1) is 13.2. The summed E-state index contributed by atoms with van der Waals surface area (Å²) in [6.45, 7) is 0. The summed E-state index contributed by atoms with van der Waals surface area (Å²) >= 11 is 4.36. The van der Waals surface area contributed by atoms with E-state index in [2.05, 4.69) is 12.2 Å². The van der Waals surface area contributed by atoms with Gasteiger partial charge in [0.1, 0.15) is 16.6 Å². The predicted molar refractivity (Wildman–Crippen MR) is 61.8 cm³/mol. The monoisotopic (exact) mass is 256 g/mol. The van der Waals surface area contributed by atoms with Crippen LogP contribution in [-0.2, 0) is 0 Å². The first-order valence-electron chi connectivity index (χ1n) is 4.44. The molecule has 0 radical (unpaired) electrons. The highest BCUT2D eigenvalue weighted by Crippen LogP contribution is 2.32. The molecule has 0 saturated carbocycles. The van der Waals surface area contributed by atoms with Crippen LogP contribution in [0.25, 0.3) is 5.57 Å². The van der Waals surface area contributed by atoms with E-state index in [9.17, 15) is 13.2 Å². The molecule has 1 aromatic rings. The highest BCUT2D eigenvalue weighted by molar-refractivity contribution is 7.80. The summed E-state index contributed by atoms with van der Waals surface area (Å²) < 4.78 is 38.2. The van der Waals surface area contributed by atoms with Gasteiger partial charge in [-0.3, -0.25) is 0 Å². The minimum atomic E-state index is -4.74. The van der Waals surface area contributed by atoms with Crippen molar-refractivity contribution in [2.75, 3.05) is 0 Å². The molecule has 1 rings (SSSR count). The minimum absolute atomic E-state index is 0.134. The number of hydrogen-bond acceptors (Lipinski definition) is 2. The molecule has 0 aromatic heterocycles. The predicted octanol–water partition coefficient (Wildman–Crippen LogP) is 2.81. The third kappa shape index (κ3) is 3.04. The van der Waals surface area contributed by atoms with Crippen molar-refractivity contribution in [3.05, 3.63) is 41.5 Å². The quantitative estimate of drug-likeness (QED) is 0.503. The number of nitrogens with two attached hydrogens (primary N) is 1. The second-order valence-corrected chi connectivity index (χ2v) is 3.53. The summed E-state index contributed by atoms with van der Waals surface area (Å²) in [5.74, 6) is 0. The average molecular weight is 256 g/mol. The molecular weight excluding hydrogens is 249 g/mol. The lowest BCUT2D eigenvalue weighted by Crippen LogP contribution is -2.26. The third-order valence-corrected chi connectivity index (χ3v) is 2.16. The molecule has 1 aromatic carbocycles. The fourth-order valence-electron chi connectivity index (χ4n) is 1.27. The maximum absolute atomic E-state index is 12.7. The zero-order valence-corrected chi connectivity index (χ0v) is 9.27. The molecule has 0 aliphatic rings. The molecule has 0 heterocycles. The fraction of sp³-hybridized carbons (Fsp3) is 0.0909. The van der Waals surface area contributed by atoms with Crippen molar-refractivity contribution in [2.45, 2.75) is 6.18 Å². The van der Waals surface area contributed by atoms with Crippen LogP contribution in [0.4, 0.5) is 13.2 Å². The van der Waals surface area contributed by atoms with Crippen molar-refractivity contribution in [1.29, 1.82) is 5.26 Å². The van der Waals surface area contributed by atoms with Gasteiger partial charge in [-0.25, -0.2) is 0 Å². The van der Waals surface area contributed by atoms with Crippen LogP contribution < -0.4 is 5.73 Å². The van der Waals surface area contributed by atoms with Gasteiger partial charge in [0.15, 0.2) is 0 Å². The van der Waals surface area contributed by atoms with Crippen molar-refractivity contribution in [3.8, 4) is 6.07 Å². The van der Waals surface area contributed by atoms with Crippen LogP contribution in [-0.4, -0.2) is 11.2 Å². The Hall–Kier alpha value is -1.87. The largest absolute Gasteiger partial charge is 0.420 e. The Bertz CT molecular complexity index is 498. The van der Waals surface area contributed by atoms with E-state index in [1.807, 2.05) is 0 Å². The zero-order chi connectivity index (χ0) is 13.1. The molecule has 6 heteroatoms. The van der Waals surface area contributed by atoms with Crippen molar-refractivity contribution in [3.63, 3.8) is 0 Å². The second kappa shape index (κ2) is 4.97. The van der Waals surface area contributed by atoms with Crippen LogP contribution in [0.1, 0.15) is 5.56 Å². The Morgan fingerprint density at radius 3 is 2.12 bits per heavy atom. The van der Waals surface area contributed by atoms with Gasteiger partial charge in [-0.1, -0.05) is 42.5 Å². The molecule has 2 nitrogen and oxygen atoms in total. The van der Waals surface area contributed by atoms with Crippen LogP contribution in [0, 0.1) is 11.3 Å². The fourth-order valence-corrected chi connectivity index (χ4v) is 1.49. The molecule has 0 saturated heterocycles. The highest BCUT2D eigenvalue weighted by atomic mass is 32.1. The molecule has 0 aliphatic heterocycles. The number of thiocarbonyl (C=S) groups is 1. The molecule has 88 valence electrons. The minimum Gasteiger partial charge on any atom is -0.389 e. The van der Waals surface area contributed by atoms with E-state index in [-0.39, 0.29) is 5.56 Å². The Morgan fingerprint density at radius 1 is 1.24 bits per heavy atom. The van der Waals surface area contributed by atoms with Gasteiger partial charge in [-0.05, 0) is 5.56 Å². The summed E-state index contributed by atoms with van der Waals surface area (Å²) in [6, 6.07) is 8.97. The van der Waals surface area contributed by atoms with Gasteiger partial charge < -0.3 is 5.73 Å². The SMILES string of the molecule is N#CC(=C(C(N)=S)C(F)(F)F)c1ccccc1. The van der Waals surface area contributed by atoms with Crippen LogP contribution in [0.15, 0.2) is 35.9 Å². The van der Waals surface area contributed by atoms with Crippen LogP contribution in [0.2, 0.25) is 0 Å². The first-order valence-corrected chi connectivity index (χ1v) is 4.85. The Kier molecular flexibility index (Phi) is 3.86. The van der Waals surface area contributed by atoms with E-state index in [4.69, 9.17) is 11.0 Å². The molecular formula is C11H7F3N2S. The highest BCUT2D eigenvalue weighted by Gasteiger charge is 2.38. The van der Waals surface area contributed by atoms with Crippen molar-refractivity contribution in [2.24, 2.45) is 5.73 Å². The summed E-state index contributed by atoms with van der Waals surface area (Å²) in [5, 5.41) is 8.84. The molecule has 17 heavy (non-hydrogen) atoms. The number of nitrogens with zero attached hydrogens (tertiary/aromatic N) is 1. The van der Waals surface area contributed by atoms with E-state index < -0.39 is 22.3 Å². The second-order valence-electron chi connectivity index (χ2n) is 3.09. The molecule has 0 spiro atoms. The van der Waals surface area contributed by atoms with E-state index in [0.717, 1.165) is 0 Å².